The van der Waals surface area contributed by atoms with E-state index in [1.54, 1.807) is 36.4 Å². The summed E-state index contributed by atoms with van der Waals surface area (Å²) in [4.78, 5) is 24.5. The lowest BCUT2D eigenvalue weighted by atomic mass is 10.1. The Morgan fingerprint density at radius 1 is 0.862 bits per heavy atom. The van der Waals surface area contributed by atoms with E-state index in [4.69, 9.17) is 22.1 Å². The number of nitrogens with two attached hydrogens (primary N) is 1. The first-order valence-electron chi connectivity index (χ1n) is 8.92. The molecule has 0 unspecified atom stereocenters. The van der Waals surface area contributed by atoms with Crippen molar-refractivity contribution in [2.45, 2.75) is 13.2 Å². The SMILES string of the molecule is NCc1cccc(C(=O)Nc2cc(Cl)cc(NC(=O)OCc3ccccc3)c2)c1. The molecule has 0 bridgehead atoms. The van der Waals surface area contributed by atoms with E-state index in [-0.39, 0.29) is 12.5 Å². The first kappa shape index (κ1) is 20.4. The Balaban J connectivity index is 1.64. The summed E-state index contributed by atoms with van der Waals surface area (Å²) in [6, 6.07) is 21.1. The summed E-state index contributed by atoms with van der Waals surface area (Å²) in [5.74, 6) is -0.305. The first-order valence-corrected chi connectivity index (χ1v) is 9.30. The van der Waals surface area contributed by atoms with Gasteiger partial charge in [0.25, 0.3) is 5.91 Å². The summed E-state index contributed by atoms with van der Waals surface area (Å²) in [6.45, 7) is 0.492. The molecule has 0 spiro atoms. The average molecular weight is 410 g/mol. The molecule has 0 aliphatic carbocycles. The first-order chi connectivity index (χ1) is 14.0. The number of nitrogens with one attached hydrogen (secondary N) is 2. The molecule has 2 amide bonds. The van der Waals surface area contributed by atoms with Crippen molar-refractivity contribution < 1.29 is 14.3 Å². The zero-order valence-electron chi connectivity index (χ0n) is 15.5. The van der Waals surface area contributed by atoms with Gasteiger partial charge in [-0.3, -0.25) is 10.1 Å². The highest BCUT2D eigenvalue weighted by Gasteiger charge is 2.10. The third kappa shape index (κ3) is 6.07. The van der Waals surface area contributed by atoms with Crippen LogP contribution in [0.15, 0.2) is 72.8 Å². The molecule has 0 heterocycles. The normalized spacial score (nSPS) is 10.3. The number of hydrogen-bond donors (Lipinski definition) is 3. The highest BCUT2D eigenvalue weighted by molar-refractivity contribution is 6.31. The third-order valence-corrected chi connectivity index (χ3v) is 4.26. The summed E-state index contributed by atoms with van der Waals surface area (Å²) in [5.41, 5.74) is 8.67. The van der Waals surface area contributed by atoms with Gasteiger partial charge in [-0.1, -0.05) is 54.1 Å². The Morgan fingerprint density at radius 2 is 1.55 bits per heavy atom. The summed E-state index contributed by atoms with van der Waals surface area (Å²) in [7, 11) is 0. The van der Waals surface area contributed by atoms with Crippen LogP contribution in [0.3, 0.4) is 0 Å². The summed E-state index contributed by atoms with van der Waals surface area (Å²) in [6.07, 6.45) is -0.621. The zero-order chi connectivity index (χ0) is 20.6. The third-order valence-electron chi connectivity index (χ3n) is 4.04. The minimum absolute atomic E-state index is 0.147. The van der Waals surface area contributed by atoms with Gasteiger partial charge in [-0.15, -0.1) is 0 Å². The number of rotatable bonds is 6. The van der Waals surface area contributed by atoms with Crippen molar-refractivity contribution in [2.75, 3.05) is 10.6 Å². The van der Waals surface area contributed by atoms with Gasteiger partial charge in [0.15, 0.2) is 0 Å². The van der Waals surface area contributed by atoms with Crippen LogP contribution in [0.4, 0.5) is 16.2 Å². The van der Waals surface area contributed by atoms with Crippen molar-refractivity contribution >= 4 is 35.0 Å². The van der Waals surface area contributed by atoms with Crippen molar-refractivity contribution in [2.24, 2.45) is 5.73 Å². The second-order valence-corrected chi connectivity index (χ2v) is 6.71. The maximum absolute atomic E-state index is 12.5. The maximum atomic E-state index is 12.5. The van der Waals surface area contributed by atoms with E-state index in [1.807, 2.05) is 36.4 Å². The summed E-state index contributed by atoms with van der Waals surface area (Å²) in [5, 5.41) is 5.73. The van der Waals surface area contributed by atoms with Crippen LogP contribution in [0.5, 0.6) is 0 Å². The molecule has 0 saturated carbocycles. The van der Waals surface area contributed by atoms with E-state index in [1.165, 1.54) is 0 Å². The molecule has 3 rings (SSSR count). The Labute approximate surface area is 173 Å². The Kier molecular flexibility index (Phi) is 6.84. The smallest absolute Gasteiger partial charge is 0.411 e. The van der Waals surface area contributed by atoms with E-state index < -0.39 is 6.09 Å². The molecular weight excluding hydrogens is 390 g/mol. The minimum atomic E-state index is -0.621. The van der Waals surface area contributed by atoms with Gasteiger partial charge in [-0.05, 0) is 41.5 Å². The number of amides is 2. The predicted molar refractivity (Wildman–Crippen MR) is 114 cm³/mol. The van der Waals surface area contributed by atoms with Crippen LogP contribution in [0.2, 0.25) is 5.02 Å². The molecule has 0 aliphatic heterocycles. The fraction of sp³-hybridized carbons (Fsp3) is 0.0909. The molecule has 29 heavy (non-hydrogen) atoms. The van der Waals surface area contributed by atoms with Crippen molar-refractivity contribution in [1.29, 1.82) is 0 Å². The standard InChI is InChI=1S/C22H20ClN3O3/c23-18-10-19(25-21(27)17-8-4-7-16(9-17)13-24)12-20(11-18)26-22(28)29-14-15-5-2-1-3-6-15/h1-12H,13-14,24H2,(H,25,27)(H,26,28). The van der Waals surface area contributed by atoms with Crippen molar-refractivity contribution in [3.8, 4) is 0 Å². The lowest BCUT2D eigenvalue weighted by molar-refractivity contribution is 0.102. The largest absolute Gasteiger partial charge is 0.444 e. The van der Waals surface area contributed by atoms with E-state index in [0.29, 0.717) is 28.5 Å². The fourth-order valence-corrected chi connectivity index (χ4v) is 2.89. The molecule has 3 aromatic rings. The molecule has 4 N–H and O–H groups in total. The van der Waals surface area contributed by atoms with Crippen LogP contribution in [0.1, 0.15) is 21.5 Å². The molecule has 0 aromatic heterocycles. The number of ether oxygens (including phenoxy) is 1. The Bertz CT molecular complexity index is 1010. The lowest BCUT2D eigenvalue weighted by Gasteiger charge is -2.11. The molecule has 7 heteroatoms. The van der Waals surface area contributed by atoms with Gasteiger partial charge in [-0.25, -0.2) is 4.79 Å². The number of carbonyl (C=O) groups excluding carboxylic acids is 2. The molecule has 148 valence electrons. The van der Waals surface area contributed by atoms with Crippen molar-refractivity contribution in [3.63, 3.8) is 0 Å². The highest BCUT2D eigenvalue weighted by atomic mass is 35.5. The van der Waals surface area contributed by atoms with Gasteiger partial charge >= 0.3 is 6.09 Å². The second kappa shape index (κ2) is 9.73. The van der Waals surface area contributed by atoms with Crippen LogP contribution in [0.25, 0.3) is 0 Å². The van der Waals surface area contributed by atoms with Gasteiger partial charge in [0.2, 0.25) is 0 Å². The van der Waals surface area contributed by atoms with Crippen molar-refractivity contribution in [1.82, 2.24) is 0 Å². The molecule has 0 aliphatic rings. The van der Waals surface area contributed by atoms with E-state index >= 15 is 0 Å². The van der Waals surface area contributed by atoms with Gasteiger partial charge in [0.1, 0.15) is 6.61 Å². The number of carbonyl (C=O) groups is 2. The quantitative estimate of drug-likeness (QED) is 0.545. The Hall–Kier alpha value is -3.35. The molecule has 0 fully saturated rings. The van der Waals surface area contributed by atoms with E-state index in [2.05, 4.69) is 10.6 Å². The van der Waals surface area contributed by atoms with Crippen LogP contribution in [-0.2, 0) is 17.9 Å². The lowest BCUT2D eigenvalue weighted by Crippen LogP contribution is -2.15. The zero-order valence-corrected chi connectivity index (χ0v) is 16.3. The highest BCUT2D eigenvalue weighted by Crippen LogP contribution is 2.23. The van der Waals surface area contributed by atoms with Crippen LogP contribution in [0, 0.1) is 0 Å². The monoisotopic (exact) mass is 409 g/mol. The summed E-state index contributed by atoms with van der Waals surface area (Å²) < 4.78 is 5.20. The molecule has 6 nitrogen and oxygen atoms in total. The van der Waals surface area contributed by atoms with Gasteiger partial charge < -0.3 is 15.8 Å². The second-order valence-electron chi connectivity index (χ2n) is 6.27. The molecule has 3 aromatic carbocycles. The fourth-order valence-electron chi connectivity index (χ4n) is 2.65. The van der Waals surface area contributed by atoms with Crippen molar-refractivity contribution in [3.05, 3.63) is 94.5 Å². The number of halogens is 1. The predicted octanol–water partition coefficient (Wildman–Crippen LogP) is 4.80. The van der Waals surface area contributed by atoms with E-state index in [9.17, 15) is 9.59 Å². The summed E-state index contributed by atoms with van der Waals surface area (Å²) >= 11 is 6.12. The topological polar surface area (TPSA) is 93.5 Å². The van der Waals surface area contributed by atoms with Crippen LogP contribution >= 0.6 is 11.6 Å². The van der Waals surface area contributed by atoms with Crippen LogP contribution in [-0.4, -0.2) is 12.0 Å². The van der Waals surface area contributed by atoms with Gasteiger partial charge in [-0.2, -0.15) is 0 Å². The number of benzene rings is 3. The van der Waals surface area contributed by atoms with Gasteiger partial charge in [0, 0.05) is 28.5 Å². The Morgan fingerprint density at radius 3 is 2.28 bits per heavy atom. The molecular formula is C22H20ClN3O3. The number of hydrogen-bond acceptors (Lipinski definition) is 4. The maximum Gasteiger partial charge on any atom is 0.411 e. The van der Waals surface area contributed by atoms with E-state index in [0.717, 1.165) is 11.1 Å². The molecule has 0 saturated heterocycles. The molecule has 0 radical (unpaired) electrons. The minimum Gasteiger partial charge on any atom is -0.444 e. The number of anilines is 2. The van der Waals surface area contributed by atoms with Gasteiger partial charge in [0.05, 0.1) is 0 Å². The molecule has 0 atom stereocenters. The van der Waals surface area contributed by atoms with Crippen LogP contribution < -0.4 is 16.4 Å². The average Bonchev–Trinajstić information content (AvgIpc) is 2.72.